The van der Waals surface area contributed by atoms with Crippen molar-refractivity contribution < 1.29 is 9.21 Å². The molecule has 0 saturated carbocycles. The summed E-state index contributed by atoms with van der Waals surface area (Å²) in [6.45, 7) is 0.493. The Hall–Kier alpha value is -3.38. The largest absolute Gasteiger partial charge is 0.461 e. The minimum absolute atomic E-state index is 0.315. The van der Waals surface area contributed by atoms with Gasteiger partial charge >= 0.3 is 0 Å². The molecule has 0 aliphatic heterocycles. The van der Waals surface area contributed by atoms with Gasteiger partial charge in [0.05, 0.1) is 16.8 Å². The summed E-state index contributed by atoms with van der Waals surface area (Å²) in [5, 5.41) is 7.84. The van der Waals surface area contributed by atoms with Crippen molar-refractivity contribution >= 4 is 23.5 Å². The van der Waals surface area contributed by atoms with E-state index in [4.69, 9.17) is 16.0 Å². The molecule has 1 N–H and O–H groups in total. The molecule has 0 spiro atoms. The van der Waals surface area contributed by atoms with E-state index < -0.39 is 0 Å². The molecule has 6 nitrogen and oxygen atoms in total. The average molecular weight is 379 g/mol. The van der Waals surface area contributed by atoms with Crippen LogP contribution in [0.4, 0.5) is 5.95 Å². The second-order valence-electron chi connectivity index (χ2n) is 5.77. The Labute approximate surface area is 160 Å². The molecular formula is C20H15ClN4O2. The maximum atomic E-state index is 13.0. The number of halogens is 1. The third kappa shape index (κ3) is 3.61. The Balaban J connectivity index is 1.70. The molecule has 4 aromatic rings. The van der Waals surface area contributed by atoms with Gasteiger partial charge in [-0.1, -0.05) is 54.1 Å². The van der Waals surface area contributed by atoms with Crippen molar-refractivity contribution in [2.75, 3.05) is 5.32 Å². The molecule has 4 rings (SSSR count). The molecule has 2 aromatic heterocycles. The molecule has 27 heavy (non-hydrogen) atoms. The van der Waals surface area contributed by atoms with Crippen LogP contribution in [-0.2, 0) is 6.54 Å². The van der Waals surface area contributed by atoms with Crippen LogP contribution in [0.3, 0.4) is 0 Å². The SMILES string of the molecule is O=C(c1ccccc1Cl)n1nc(-c2ccco2)nc1NCc1ccccc1. The van der Waals surface area contributed by atoms with Crippen LogP contribution in [0, 0.1) is 0 Å². The summed E-state index contributed by atoms with van der Waals surface area (Å²) in [6, 6.07) is 20.1. The fourth-order valence-electron chi connectivity index (χ4n) is 2.60. The van der Waals surface area contributed by atoms with Gasteiger partial charge in [-0.25, -0.2) is 0 Å². The molecule has 0 amide bonds. The summed E-state index contributed by atoms with van der Waals surface area (Å²) in [6.07, 6.45) is 1.53. The van der Waals surface area contributed by atoms with E-state index in [9.17, 15) is 4.79 Å². The molecule has 0 fully saturated rings. The molecule has 0 unspecified atom stereocenters. The topological polar surface area (TPSA) is 73.0 Å². The lowest BCUT2D eigenvalue weighted by atomic mass is 10.2. The molecule has 7 heteroatoms. The molecular weight excluding hydrogens is 364 g/mol. The predicted molar refractivity (Wildman–Crippen MR) is 103 cm³/mol. The third-order valence-corrected chi connectivity index (χ3v) is 4.27. The van der Waals surface area contributed by atoms with Crippen molar-refractivity contribution in [3.63, 3.8) is 0 Å². The van der Waals surface area contributed by atoms with Crippen molar-refractivity contribution in [2.45, 2.75) is 6.54 Å². The summed E-state index contributed by atoms with van der Waals surface area (Å²) in [4.78, 5) is 17.4. The van der Waals surface area contributed by atoms with Crippen LogP contribution in [0.15, 0.2) is 77.4 Å². The number of aromatic nitrogens is 3. The van der Waals surface area contributed by atoms with Gasteiger partial charge in [-0.15, -0.1) is 5.10 Å². The fraction of sp³-hybridized carbons (Fsp3) is 0.0500. The number of hydrogen-bond donors (Lipinski definition) is 1. The van der Waals surface area contributed by atoms with Gasteiger partial charge in [0.25, 0.3) is 5.91 Å². The van der Waals surface area contributed by atoms with Crippen LogP contribution in [0.5, 0.6) is 0 Å². The molecule has 0 atom stereocenters. The predicted octanol–water partition coefficient (Wildman–Crippen LogP) is 4.49. The van der Waals surface area contributed by atoms with E-state index in [1.165, 1.54) is 10.9 Å². The Bertz CT molecular complexity index is 1060. The van der Waals surface area contributed by atoms with E-state index in [1.54, 1.807) is 36.4 Å². The number of nitrogens with one attached hydrogen (secondary N) is 1. The number of hydrogen-bond acceptors (Lipinski definition) is 5. The van der Waals surface area contributed by atoms with Crippen LogP contribution in [0.25, 0.3) is 11.6 Å². The summed E-state index contributed by atoms with van der Waals surface area (Å²) in [5.41, 5.74) is 1.40. The zero-order chi connectivity index (χ0) is 18.6. The number of nitrogens with zero attached hydrogens (tertiary/aromatic N) is 3. The standard InChI is InChI=1S/C20H15ClN4O2/c21-16-10-5-4-9-15(16)19(26)25-20(22-13-14-7-2-1-3-8-14)23-18(24-25)17-11-6-12-27-17/h1-12H,13H2,(H,22,23,24). The smallest absolute Gasteiger partial charge is 0.282 e. The highest BCUT2D eigenvalue weighted by molar-refractivity contribution is 6.33. The maximum Gasteiger partial charge on any atom is 0.282 e. The van der Waals surface area contributed by atoms with Gasteiger partial charge in [0, 0.05) is 6.54 Å². The van der Waals surface area contributed by atoms with Crippen molar-refractivity contribution in [3.05, 3.63) is 89.1 Å². The number of benzene rings is 2. The fourth-order valence-corrected chi connectivity index (χ4v) is 2.82. The molecule has 0 radical (unpaired) electrons. The highest BCUT2D eigenvalue weighted by Crippen LogP contribution is 2.22. The molecule has 0 bridgehead atoms. The summed E-state index contributed by atoms with van der Waals surface area (Å²) < 4.78 is 6.57. The molecule has 0 aliphatic rings. The highest BCUT2D eigenvalue weighted by Gasteiger charge is 2.21. The first-order valence-corrected chi connectivity index (χ1v) is 8.68. The normalized spacial score (nSPS) is 10.7. The third-order valence-electron chi connectivity index (χ3n) is 3.94. The van der Waals surface area contributed by atoms with Crippen LogP contribution in [-0.4, -0.2) is 20.7 Å². The van der Waals surface area contributed by atoms with Gasteiger partial charge in [0.15, 0.2) is 5.76 Å². The lowest BCUT2D eigenvalue weighted by Gasteiger charge is -2.08. The lowest BCUT2D eigenvalue weighted by molar-refractivity contribution is 0.0947. The highest BCUT2D eigenvalue weighted by atomic mass is 35.5. The maximum absolute atomic E-state index is 13.0. The molecule has 0 saturated heterocycles. The van der Waals surface area contributed by atoms with Gasteiger partial charge < -0.3 is 9.73 Å². The second kappa shape index (κ2) is 7.47. The van der Waals surface area contributed by atoms with Gasteiger partial charge in [-0.05, 0) is 29.8 Å². The van der Waals surface area contributed by atoms with E-state index in [0.717, 1.165) is 5.56 Å². The van der Waals surface area contributed by atoms with E-state index >= 15 is 0 Å². The van der Waals surface area contributed by atoms with Gasteiger partial charge in [-0.2, -0.15) is 9.67 Å². The van der Waals surface area contributed by atoms with Crippen molar-refractivity contribution in [1.82, 2.24) is 14.8 Å². The second-order valence-corrected chi connectivity index (χ2v) is 6.18. The molecule has 0 aliphatic carbocycles. The Morgan fingerprint density at radius 1 is 1.04 bits per heavy atom. The van der Waals surface area contributed by atoms with Gasteiger partial charge in [-0.3, -0.25) is 4.79 Å². The monoisotopic (exact) mass is 378 g/mol. The first kappa shape index (κ1) is 17.1. The minimum atomic E-state index is -0.374. The number of furan rings is 1. The van der Waals surface area contributed by atoms with E-state index in [1.807, 2.05) is 30.3 Å². The Morgan fingerprint density at radius 2 is 1.81 bits per heavy atom. The number of anilines is 1. The summed E-state index contributed by atoms with van der Waals surface area (Å²) >= 11 is 6.18. The molecule has 2 aromatic carbocycles. The van der Waals surface area contributed by atoms with Crippen molar-refractivity contribution in [2.24, 2.45) is 0 Å². The molecule has 2 heterocycles. The first-order valence-electron chi connectivity index (χ1n) is 8.30. The van der Waals surface area contributed by atoms with Crippen LogP contribution in [0.2, 0.25) is 5.02 Å². The minimum Gasteiger partial charge on any atom is -0.461 e. The van der Waals surface area contributed by atoms with E-state index in [0.29, 0.717) is 34.7 Å². The Morgan fingerprint density at radius 3 is 2.56 bits per heavy atom. The summed E-state index contributed by atoms with van der Waals surface area (Å²) in [5.74, 6) is 0.732. The van der Waals surface area contributed by atoms with Gasteiger partial charge in [0.2, 0.25) is 11.8 Å². The summed E-state index contributed by atoms with van der Waals surface area (Å²) in [7, 11) is 0. The van der Waals surface area contributed by atoms with E-state index in [2.05, 4.69) is 15.4 Å². The molecule has 134 valence electrons. The van der Waals surface area contributed by atoms with Gasteiger partial charge in [0.1, 0.15) is 0 Å². The first-order chi connectivity index (χ1) is 13.2. The zero-order valence-electron chi connectivity index (χ0n) is 14.2. The van der Waals surface area contributed by atoms with Crippen LogP contribution in [0.1, 0.15) is 15.9 Å². The quantitative estimate of drug-likeness (QED) is 0.553. The zero-order valence-corrected chi connectivity index (χ0v) is 14.9. The van der Waals surface area contributed by atoms with Crippen molar-refractivity contribution in [1.29, 1.82) is 0 Å². The van der Waals surface area contributed by atoms with Crippen LogP contribution >= 0.6 is 11.6 Å². The number of carbonyl (C=O) groups excluding carboxylic acids is 1. The van der Waals surface area contributed by atoms with Crippen molar-refractivity contribution in [3.8, 4) is 11.6 Å². The number of carbonyl (C=O) groups is 1. The van der Waals surface area contributed by atoms with Crippen LogP contribution < -0.4 is 5.32 Å². The number of rotatable bonds is 5. The van der Waals surface area contributed by atoms with E-state index in [-0.39, 0.29) is 5.91 Å². The lowest BCUT2D eigenvalue weighted by Crippen LogP contribution is -2.18. The Kier molecular flexibility index (Phi) is 4.72. The average Bonchev–Trinajstić information content (AvgIpc) is 3.37.